The smallest absolute Gasteiger partial charge is 0.289 e. The van der Waals surface area contributed by atoms with Crippen molar-refractivity contribution >= 4 is 33.4 Å². The van der Waals surface area contributed by atoms with Gasteiger partial charge in [0, 0.05) is 6.54 Å². The number of anilines is 1. The molecule has 0 bridgehead atoms. The van der Waals surface area contributed by atoms with E-state index in [0.717, 1.165) is 18.8 Å². The molecule has 1 aliphatic rings. The number of carbonyl (C=O) groups excluding carboxylic acids is 2. The molecule has 0 atom stereocenters. The van der Waals surface area contributed by atoms with Crippen LogP contribution in [0.3, 0.4) is 0 Å². The van der Waals surface area contributed by atoms with Gasteiger partial charge in [0.05, 0.1) is 5.56 Å². The molecule has 2 heterocycles. The SMILES string of the molecule is CCCCCCCCCCCCCCCCCCC(CCCCCCCCCCCCCCCCCC)CCCN1C(=O)C(=O)c2ccc(Br)nc21. The van der Waals surface area contributed by atoms with Crippen LogP contribution in [-0.4, -0.2) is 23.2 Å². The highest BCUT2D eigenvalue weighted by Gasteiger charge is 2.36. The van der Waals surface area contributed by atoms with Gasteiger partial charge < -0.3 is 0 Å². The van der Waals surface area contributed by atoms with Crippen LogP contribution in [0.1, 0.15) is 255 Å². The van der Waals surface area contributed by atoms with Crippen LogP contribution < -0.4 is 4.90 Å². The van der Waals surface area contributed by atoms with Crippen molar-refractivity contribution in [2.45, 2.75) is 245 Å². The average Bonchev–Trinajstić information content (AvgIpc) is 3.37. The molecule has 4 nitrogen and oxygen atoms in total. The molecule has 2 rings (SSSR count). The van der Waals surface area contributed by atoms with E-state index in [2.05, 4.69) is 34.8 Å². The van der Waals surface area contributed by atoms with E-state index in [1.165, 1.54) is 218 Å². The molecule has 1 aromatic rings. The van der Waals surface area contributed by atoms with Gasteiger partial charge in [0.1, 0.15) is 10.4 Å². The van der Waals surface area contributed by atoms with Gasteiger partial charge in [0.2, 0.25) is 0 Å². The fourth-order valence-corrected chi connectivity index (χ4v) is 8.58. The molecule has 0 N–H and O–H groups in total. The number of unbranched alkanes of at least 4 members (excludes halogenated alkanes) is 30. The van der Waals surface area contributed by atoms with Gasteiger partial charge in [-0.2, -0.15) is 0 Å². The van der Waals surface area contributed by atoms with Crippen LogP contribution in [0.2, 0.25) is 0 Å². The highest BCUT2D eigenvalue weighted by Crippen LogP contribution is 2.30. The predicted octanol–water partition coefficient (Wildman–Crippen LogP) is 16.1. The number of hydrogen-bond acceptors (Lipinski definition) is 3. The Morgan fingerprint density at radius 3 is 1.17 bits per heavy atom. The van der Waals surface area contributed by atoms with Gasteiger partial charge in [-0.1, -0.05) is 232 Å². The van der Waals surface area contributed by atoms with Crippen molar-refractivity contribution in [2.24, 2.45) is 5.92 Å². The first kappa shape index (κ1) is 46.9. The maximum Gasteiger partial charge on any atom is 0.300 e. The van der Waals surface area contributed by atoms with Crippen LogP contribution in [0.15, 0.2) is 16.7 Å². The third-order valence-electron chi connectivity index (χ3n) is 11.7. The van der Waals surface area contributed by atoms with Gasteiger partial charge in [-0.15, -0.1) is 0 Å². The van der Waals surface area contributed by atoms with E-state index in [4.69, 9.17) is 0 Å². The van der Waals surface area contributed by atoms with E-state index in [1.54, 1.807) is 17.0 Å². The Morgan fingerprint density at radius 2 is 0.808 bits per heavy atom. The van der Waals surface area contributed by atoms with E-state index in [0.29, 0.717) is 22.5 Å². The Labute approximate surface area is 331 Å². The molecular formula is C47H83BrN2O2. The minimum atomic E-state index is -0.409. The molecule has 0 aromatic carbocycles. The number of pyridine rings is 1. The highest BCUT2D eigenvalue weighted by atomic mass is 79.9. The Morgan fingerprint density at radius 1 is 0.481 bits per heavy atom. The summed E-state index contributed by atoms with van der Waals surface area (Å²) in [4.78, 5) is 31.4. The predicted molar refractivity (Wildman–Crippen MR) is 230 cm³/mol. The molecule has 52 heavy (non-hydrogen) atoms. The zero-order chi connectivity index (χ0) is 37.3. The Balaban J connectivity index is 1.57. The molecular weight excluding hydrogens is 704 g/mol. The van der Waals surface area contributed by atoms with Crippen molar-refractivity contribution in [3.8, 4) is 0 Å². The first-order valence-electron chi connectivity index (χ1n) is 23.1. The van der Waals surface area contributed by atoms with Crippen molar-refractivity contribution in [3.63, 3.8) is 0 Å². The lowest BCUT2D eigenvalue weighted by Crippen LogP contribution is -2.31. The van der Waals surface area contributed by atoms with Gasteiger partial charge in [-0.25, -0.2) is 4.98 Å². The zero-order valence-electron chi connectivity index (χ0n) is 34.5. The number of aromatic nitrogens is 1. The number of hydrogen-bond donors (Lipinski definition) is 0. The van der Waals surface area contributed by atoms with Crippen LogP contribution >= 0.6 is 15.9 Å². The van der Waals surface area contributed by atoms with Crippen LogP contribution in [0, 0.1) is 5.92 Å². The zero-order valence-corrected chi connectivity index (χ0v) is 36.1. The summed E-state index contributed by atoms with van der Waals surface area (Å²) in [5.41, 5.74) is 0.450. The highest BCUT2D eigenvalue weighted by molar-refractivity contribution is 9.10. The van der Waals surface area contributed by atoms with E-state index >= 15 is 0 Å². The Hall–Kier alpha value is -1.23. The molecule has 0 saturated carbocycles. The van der Waals surface area contributed by atoms with Gasteiger partial charge in [0.25, 0.3) is 5.78 Å². The number of fused-ring (bicyclic) bond motifs is 1. The third-order valence-corrected chi connectivity index (χ3v) is 12.1. The third kappa shape index (κ3) is 22.9. The van der Waals surface area contributed by atoms with Crippen molar-refractivity contribution in [3.05, 3.63) is 22.3 Å². The Kier molecular flexibility index (Phi) is 29.9. The Bertz CT molecular complexity index is 977. The maximum atomic E-state index is 12.7. The van der Waals surface area contributed by atoms with Crippen molar-refractivity contribution in [1.82, 2.24) is 4.98 Å². The summed E-state index contributed by atoms with van der Waals surface area (Å²) in [5, 5.41) is 0. The molecule has 0 unspecified atom stereocenters. The molecule has 0 fully saturated rings. The average molecular weight is 788 g/mol. The lowest BCUT2D eigenvalue weighted by Gasteiger charge is -2.20. The molecule has 1 aliphatic heterocycles. The van der Waals surface area contributed by atoms with E-state index in [9.17, 15) is 9.59 Å². The standard InChI is InChI=1S/C47H83BrN2O2/c1-3-5-7-9-11-13-15-17-19-21-23-25-27-29-31-33-36-42(38-35-41-50-46-43(45(51)47(50)52)39-40-44(48)49-46)37-34-32-30-28-26-24-22-20-18-16-14-12-10-8-6-4-2/h39-40,42H,3-38,41H2,1-2H3. The van der Waals surface area contributed by atoms with Gasteiger partial charge in [-0.05, 0) is 46.8 Å². The summed E-state index contributed by atoms with van der Waals surface area (Å²) in [7, 11) is 0. The molecule has 1 aromatic heterocycles. The second-order valence-electron chi connectivity index (χ2n) is 16.5. The summed E-state index contributed by atoms with van der Waals surface area (Å²) >= 11 is 3.42. The molecule has 5 heteroatoms. The topological polar surface area (TPSA) is 50.3 Å². The normalized spacial score (nSPS) is 12.9. The second-order valence-corrected chi connectivity index (χ2v) is 17.3. The van der Waals surface area contributed by atoms with E-state index < -0.39 is 11.7 Å². The fraction of sp³-hybridized carbons (Fsp3) is 0.851. The molecule has 0 aliphatic carbocycles. The number of nitrogens with zero attached hydrogens (tertiary/aromatic N) is 2. The largest absolute Gasteiger partial charge is 0.300 e. The van der Waals surface area contributed by atoms with Crippen LogP contribution in [0.5, 0.6) is 0 Å². The summed E-state index contributed by atoms with van der Waals surface area (Å²) in [6, 6.07) is 3.48. The number of amides is 1. The molecule has 1 amide bonds. The lowest BCUT2D eigenvalue weighted by atomic mass is 9.90. The first-order chi connectivity index (χ1) is 25.6. The quantitative estimate of drug-likeness (QED) is 0.0381. The monoisotopic (exact) mass is 787 g/mol. The summed E-state index contributed by atoms with van der Waals surface area (Å²) in [6.07, 6.45) is 49.9. The van der Waals surface area contributed by atoms with Gasteiger partial charge >= 0.3 is 5.91 Å². The molecule has 0 radical (unpaired) electrons. The van der Waals surface area contributed by atoms with Gasteiger partial charge in [-0.3, -0.25) is 14.5 Å². The molecule has 0 spiro atoms. The maximum absolute atomic E-state index is 12.7. The number of halogens is 1. The minimum Gasteiger partial charge on any atom is -0.289 e. The number of Topliss-reactive ketones (excluding diaryl/α,β-unsaturated/α-hetero) is 1. The van der Waals surface area contributed by atoms with E-state index in [1.807, 2.05) is 0 Å². The van der Waals surface area contributed by atoms with Crippen molar-refractivity contribution in [1.29, 1.82) is 0 Å². The first-order valence-corrected chi connectivity index (χ1v) is 23.9. The van der Waals surface area contributed by atoms with Crippen molar-refractivity contribution < 1.29 is 9.59 Å². The van der Waals surface area contributed by atoms with Crippen LogP contribution in [0.4, 0.5) is 5.82 Å². The van der Waals surface area contributed by atoms with Crippen LogP contribution in [-0.2, 0) is 4.79 Å². The van der Waals surface area contributed by atoms with Crippen molar-refractivity contribution in [2.75, 3.05) is 11.4 Å². The number of ketones is 1. The minimum absolute atomic E-state index is 0.409. The second kappa shape index (κ2) is 33.1. The molecule has 300 valence electrons. The van der Waals surface area contributed by atoms with E-state index in [-0.39, 0.29) is 0 Å². The summed E-state index contributed by atoms with van der Waals surface area (Å²) < 4.78 is 0.670. The van der Waals surface area contributed by atoms with Crippen LogP contribution in [0.25, 0.3) is 0 Å². The molecule has 0 saturated heterocycles. The lowest BCUT2D eigenvalue weighted by molar-refractivity contribution is -0.114. The fourth-order valence-electron chi connectivity index (χ4n) is 8.28. The summed E-state index contributed by atoms with van der Waals surface area (Å²) in [5.74, 6) is 0.443. The number of carbonyl (C=O) groups is 2. The number of rotatable bonds is 38. The summed E-state index contributed by atoms with van der Waals surface area (Å²) in [6.45, 7) is 5.19. The van der Waals surface area contributed by atoms with Gasteiger partial charge in [0.15, 0.2) is 0 Å².